The summed E-state index contributed by atoms with van der Waals surface area (Å²) in [6.45, 7) is 0.493. The molecule has 0 bridgehead atoms. The SMILES string of the molecule is COc1cccc(C#N)c1NCc1cc(Br)c(O)c(Br)c1. The fraction of sp³-hybridized carbons (Fsp3) is 0.133. The molecule has 108 valence electrons. The summed E-state index contributed by atoms with van der Waals surface area (Å²) in [6.07, 6.45) is 0. The van der Waals surface area contributed by atoms with Crippen molar-refractivity contribution in [2.24, 2.45) is 0 Å². The van der Waals surface area contributed by atoms with Gasteiger partial charge >= 0.3 is 0 Å². The lowest BCUT2D eigenvalue weighted by molar-refractivity contribution is 0.416. The molecular weight excluding hydrogens is 400 g/mol. The van der Waals surface area contributed by atoms with Crippen LogP contribution in [-0.4, -0.2) is 12.2 Å². The van der Waals surface area contributed by atoms with E-state index in [9.17, 15) is 5.11 Å². The van der Waals surface area contributed by atoms with Crippen LogP contribution in [0, 0.1) is 11.3 Å². The Hall–Kier alpha value is -1.71. The van der Waals surface area contributed by atoms with Gasteiger partial charge in [-0.25, -0.2) is 0 Å². The molecule has 0 aliphatic heterocycles. The molecule has 0 aliphatic rings. The summed E-state index contributed by atoms with van der Waals surface area (Å²) < 4.78 is 6.48. The Kier molecular flexibility index (Phi) is 5.10. The zero-order chi connectivity index (χ0) is 15.4. The molecule has 0 atom stereocenters. The van der Waals surface area contributed by atoms with Crippen molar-refractivity contribution < 1.29 is 9.84 Å². The number of para-hydroxylation sites is 1. The lowest BCUT2D eigenvalue weighted by atomic mass is 10.1. The van der Waals surface area contributed by atoms with E-state index in [1.807, 2.05) is 12.1 Å². The van der Waals surface area contributed by atoms with Gasteiger partial charge in [-0.15, -0.1) is 0 Å². The zero-order valence-electron chi connectivity index (χ0n) is 11.2. The fourth-order valence-electron chi connectivity index (χ4n) is 1.89. The van der Waals surface area contributed by atoms with Crippen LogP contribution in [0.15, 0.2) is 39.3 Å². The first-order valence-corrected chi connectivity index (χ1v) is 7.63. The van der Waals surface area contributed by atoms with Crippen molar-refractivity contribution in [2.45, 2.75) is 6.54 Å². The maximum absolute atomic E-state index is 9.70. The molecule has 2 aromatic rings. The fourth-order valence-corrected chi connectivity index (χ4v) is 3.17. The summed E-state index contributed by atoms with van der Waals surface area (Å²) >= 11 is 6.59. The minimum Gasteiger partial charge on any atom is -0.506 e. The van der Waals surface area contributed by atoms with Crippen LogP contribution in [0.25, 0.3) is 0 Å². The Morgan fingerprint density at radius 2 is 1.95 bits per heavy atom. The molecule has 0 heterocycles. The number of hydrogen-bond donors (Lipinski definition) is 2. The molecule has 0 radical (unpaired) electrons. The van der Waals surface area contributed by atoms with E-state index in [0.717, 1.165) is 5.56 Å². The monoisotopic (exact) mass is 410 g/mol. The average molecular weight is 412 g/mol. The van der Waals surface area contributed by atoms with Crippen LogP contribution in [0.1, 0.15) is 11.1 Å². The number of nitriles is 1. The summed E-state index contributed by atoms with van der Waals surface area (Å²) in [7, 11) is 1.56. The summed E-state index contributed by atoms with van der Waals surface area (Å²) in [6, 6.07) is 11.1. The normalized spacial score (nSPS) is 10.0. The van der Waals surface area contributed by atoms with Crippen LogP contribution in [0.3, 0.4) is 0 Å². The summed E-state index contributed by atoms with van der Waals surface area (Å²) in [5, 5.41) is 22.1. The number of anilines is 1. The second kappa shape index (κ2) is 6.83. The Balaban J connectivity index is 2.27. The van der Waals surface area contributed by atoms with E-state index in [-0.39, 0.29) is 5.75 Å². The summed E-state index contributed by atoms with van der Waals surface area (Å²) in [5.41, 5.74) is 2.12. The molecule has 21 heavy (non-hydrogen) atoms. The third kappa shape index (κ3) is 3.49. The van der Waals surface area contributed by atoms with Crippen molar-refractivity contribution in [2.75, 3.05) is 12.4 Å². The van der Waals surface area contributed by atoms with E-state index < -0.39 is 0 Å². The third-order valence-electron chi connectivity index (χ3n) is 2.91. The minimum atomic E-state index is 0.161. The van der Waals surface area contributed by atoms with Crippen molar-refractivity contribution >= 4 is 37.5 Å². The maximum atomic E-state index is 9.70. The number of aromatic hydroxyl groups is 1. The molecule has 6 heteroatoms. The summed E-state index contributed by atoms with van der Waals surface area (Å²) in [4.78, 5) is 0. The largest absolute Gasteiger partial charge is 0.506 e. The number of phenols is 1. The highest BCUT2D eigenvalue weighted by atomic mass is 79.9. The molecule has 0 fully saturated rings. The molecule has 0 saturated carbocycles. The van der Waals surface area contributed by atoms with Crippen molar-refractivity contribution in [1.82, 2.24) is 0 Å². The first-order valence-electron chi connectivity index (χ1n) is 6.04. The molecule has 0 saturated heterocycles. The molecule has 2 rings (SSSR count). The van der Waals surface area contributed by atoms with E-state index in [4.69, 9.17) is 10.00 Å². The quantitative estimate of drug-likeness (QED) is 0.781. The third-order valence-corrected chi connectivity index (χ3v) is 4.12. The number of hydrogen-bond acceptors (Lipinski definition) is 4. The van der Waals surface area contributed by atoms with Crippen LogP contribution < -0.4 is 10.1 Å². The Labute approximate surface area is 139 Å². The van der Waals surface area contributed by atoms with Gasteiger partial charge in [0.2, 0.25) is 0 Å². The van der Waals surface area contributed by atoms with E-state index in [1.165, 1.54) is 0 Å². The van der Waals surface area contributed by atoms with Crippen LogP contribution in [-0.2, 0) is 6.54 Å². The molecule has 2 aromatic carbocycles. The number of halogens is 2. The number of nitrogens with one attached hydrogen (secondary N) is 1. The predicted molar refractivity (Wildman–Crippen MR) is 88.5 cm³/mol. The van der Waals surface area contributed by atoms with Crippen molar-refractivity contribution in [3.05, 3.63) is 50.4 Å². The van der Waals surface area contributed by atoms with Gasteiger partial charge < -0.3 is 15.2 Å². The molecule has 0 aromatic heterocycles. The molecule has 0 spiro atoms. The number of nitrogens with zero attached hydrogens (tertiary/aromatic N) is 1. The Morgan fingerprint density at radius 1 is 1.29 bits per heavy atom. The minimum absolute atomic E-state index is 0.161. The van der Waals surface area contributed by atoms with E-state index in [0.29, 0.717) is 32.5 Å². The van der Waals surface area contributed by atoms with Gasteiger partial charge in [0.25, 0.3) is 0 Å². The van der Waals surface area contributed by atoms with E-state index >= 15 is 0 Å². The van der Waals surface area contributed by atoms with Crippen LogP contribution in [0.5, 0.6) is 11.5 Å². The van der Waals surface area contributed by atoms with Crippen molar-refractivity contribution in [1.29, 1.82) is 5.26 Å². The van der Waals surface area contributed by atoms with Crippen LogP contribution in [0.4, 0.5) is 5.69 Å². The van der Waals surface area contributed by atoms with Gasteiger partial charge in [0, 0.05) is 6.54 Å². The molecule has 4 nitrogen and oxygen atoms in total. The van der Waals surface area contributed by atoms with Gasteiger partial charge in [0.15, 0.2) is 0 Å². The summed E-state index contributed by atoms with van der Waals surface area (Å²) in [5.74, 6) is 0.778. The second-order valence-corrected chi connectivity index (χ2v) is 5.96. The number of phenolic OH excluding ortho intramolecular Hbond substituents is 1. The number of benzene rings is 2. The van der Waals surface area contributed by atoms with Crippen LogP contribution >= 0.6 is 31.9 Å². The van der Waals surface area contributed by atoms with E-state index in [2.05, 4.69) is 43.2 Å². The van der Waals surface area contributed by atoms with Gasteiger partial charge in [-0.05, 0) is 61.7 Å². The first-order chi connectivity index (χ1) is 10.1. The number of rotatable bonds is 4. The topological polar surface area (TPSA) is 65.3 Å². The van der Waals surface area contributed by atoms with Crippen molar-refractivity contribution in [3.63, 3.8) is 0 Å². The zero-order valence-corrected chi connectivity index (χ0v) is 14.3. The Morgan fingerprint density at radius 3 is 2.52 bits per heavy atom. The molecule has 0 amide bonds. The van der Waals surface area contributed by atoms with Crippen molar-refractivity contribution in [3.8, 4) is 17.6 Å². The average Bonchev–Trinajstić information content (AvgIpc) is 2.49. The van der Waals surface area contributed by atoms with Gasteiger partial charge in [0.1, 0.15) is 17.6 Å². The molecule has 0 unspecified atom stereocenters. The standard InChI is InChI=1S/C15H12Br2N2O2/c1-21-13-4-2-3-10(7-18)14(13)19-8-9-5-11(16)15(20)12(17)6-9/h2-6,19-20H,8H2,1H3. The predicted octanol–water partition coefficient (Wildman–Crippen LogP) is 4.41. The first kappa shape index (κ1) is 15.7. The van der Waals surface area contributed by atoms with Gasteiger partial charge in [-0.1, -0.05) is 6.07 Å². The highest BCUT2D eigenvalue weighted by molar-refractivity contribution is 9.11. The van der Waals surface area contributed by atoms with Gasteiger partial charge in [-0.2, -0.15) is 5.26 Å². The van der Waals surface area contributed by atoms with Gasteiger partial charge in [0.05, 0.1) is 27.3 Å². The maximum Gasteiger partial charge on any atom is 0.143 e. The highest BCUT2D eigenvalue weighted by Gasteiger charge is 2.10. The lowest BCUT2D eigenvalue weighted by Gasteiger charge is -2.13. The highest BCUT2D eigenvalue weighted by Crippen LogP contribution is 2.34. The van der Waals surface area contributed by atoms with E-state index in [1.54, 1.807) is 25.3 Å². The molecule has 0 aliphatic carbocycles. The molecular formula is C15H12Br2N2O2. The smallest absolute Gasteiger partial charge is 0.143 e. The van der Waals surface area contributed by atoms with Crippen LogP contribution in [0.2, 0.25) is 0 Å². The Bertz CT molecular complexity index is 688. The molecule has 2 N–H and O–H groups in total. The lowest BCUT2D eigenvalue weighted by Crippen LogP contribution is -2.03. The van der Waals surface area contributed by atoms with Gasteiger partial charge in [-0.3, -0.25) is 0 Å². The number of ether oxygens (including phenoxy) is 1. The second-order valence-electron chi connectivity index (χ2n) is 4.26. The number of methoxy groups -OCH3 is 1.